The van der Waals surface area contributed by atoms with Crippen LogP contribution in [0.4, 0.5) is 0 Å². The molecule has 1 aromatic rings. The molecule has 104 valence electrons. The van der Waals surface area contributed by atoms with Gasteiger partial charge in [-0.15, -0.1) is 0 Å². The fraction of sp³-hybridized carbons (Fsp3) is 0.647. The molecule has 1 unspecified atom stereocenters. The molecule has 0 amide bonds. The summed E-state index contributed by atoms with van der Waals surface area (Å²) in [7, 11) is 0. The van der Waals surface area contributed by atoms with E-state index in [1.807, 2.05) is 0 Å². The largest absolute Gasteiger partial charge is 0.329 e. The molecule has 0 spiro atoms. The molecule has 3 rings (SSSR count). The number of nitrogens with zero attached hydrogens (tertiary/aromatic N) is 1. The van der Waals surface area contributed by atoms with E-state index >= 15 is 0 Å². The van der Waals surface area contributed by atoms with Crippen LogP contribution in [0.25, 0.3) is 0 Å². The first-order chi connectivity index (χ1) is 9.34. The van der Waals surface area contributed by atoms with Gasteiger partial charge in [0.2, 0.25) is 0 Å². The van der Waals surface area contributed by atoms with Crippen LogP contribution >= 0.6 is 0 Å². The molecule has 1 atom stereocenters. The van der Waals surface area contributed by atoms with Crippen molar-refractivity contribution < 1.29 is 0 Å². The average Bonchev–Trinajstić information content (AvgIpc) is 2.76. The molecule has 1 fully saturated rings. The van der Waals surface area contributed by atoms with Gasteiger partial charge in [-0.2, -0.15) is 0 Å². The summed E-state index contributed by atoms with van der Waals surface area (Å²) in [5.74, 6) is 0. The predicted molar refractivity (Wildman–Crippen MR) is 80.3 cm³/mol. The van der Waals surface area contributed by atoms with Crippen molar-refractivity contribution in [3.63, 3.8) is 0 Å². The lowest BCUT2D eigenvalue weighted by atomic mass is 9.76. The number of hydrogen-bond acceptors (Lipinski definition) is 2. The van der Waals surface area contributed by atoms with Gasteiger partial charge in [-0.3, -0.25) is 4.90 Å². The summed E-state index contributed by atoms with van der Waals surface area (Å²) in [4.78, 5) is 2.72. The van der Waals surface area contributed by atoms with Crippen molar-refractivity contribution in [3.05, 3.63) is 35.4 Å². The highest BCUT2D eigenvalue weighted by molar-refractivity contribution is 5.32. The Balaban J connectivity index is 1.84. The second-order valence-electron chi connectivity index (χ2n) is 6.28. The van der Waals surface area contributed by atoms with Crippen molar-refractivity contribution in [2.45, 2.75) is 50.5 Å². The first-order valence-corrected chi connectivity index (χ1v) is 7.86. The topological polar surface area (TPSA) is 29.3 Å². The van der Waals surface area contributed by atoms with Gasteiger partial charge in [0, 0.05) is 12.1 Å². The Kier molecular flexibility index (Phi) is 3.90. The van der Waals surface area contributed by atoms with Crippen LogP contribution in [-0.4, -0.2) is 30.1 Å². The third-order valence-corrected chi connectivity index (χ3v) is 5.15. The van der Waals surface area contributed by atoms with Gasteiger partial charge < -0.3 is 5.73 Å². The van der Waals surface area contributed by atoms with Crippen molar-refractivity contribution in [2.75, 3.05) is 19.6 Å². The van der Waals surface area contributed by atoms with Crippen LogP contribution < -0.4 is 5.73 Å². The fourth-order valence-electron chi connectivity index (χ4n) is 3.90. The molecule has 1 aliphatic heterocycles. The van der Waals surface area contributed by atoms with Gasteiger partial charge in [0.05, 0.1) is 0 Å². The van der Waals surface area contributed by atoms with Crippen molar-refractivity contribution in [1.29, 1.82) is 0 Å². The maximum Gasteiger partial charge on any atom is 0.0375 e. The Bertz CT molecular complexity index is 421. The molecule has 1 aromatic carbocycles. The zero-order valence-electron chi connectivity index (χ0n) is 11.9. The van der Waals surface area contributed by atoms with Crippen LogP contribution in [0.3, 0.4) is 0 Å². The summed E-state index contributed by atoms with van der Waals surface area (Å²) >= 11 is 0. The monoisotopic (exact) mass is 258 g/mol. The van der Waals surface area contributed by atoms with E-state index in [9.17, 15) is 0 Å². The summed E-state index contributed by atoms with van der Waals surface area (Å²) in [6, 6.07) is 8.93. The van der Waals surface area contributed by atoms with Gasteiger partial charge >= 0.3 is 0 Å². The van der Waals surface area contributed by atoms with Crippen LogP contribution in [0.15, 0.2) is 24.3 Å². The molecular formula is C17H26N2. The van der Waals surface area contributed by atoms with Crippen molar-refractivity contribution in [2.24, 2.45) is 5.73 Å². The molecule has 1 aliphatic carbocycles. The molecule has 0 saturated carbocycles. The standard InChI is InChI=1S/C17H26N2/c18-14-17(19-11-5-1-2-6-12-19)10-9-15-7-3-4-8-16(15)13-17/h3-4,7-8H,1-2,5-6,9-14,18H2. The lowest BCUT2D eigenvalue weighted by Crippen LogP contribution is -2.57. The minimum atomic E-state index is 0.235. The van der Waals surface area contributed by atoms with Crippen LogP contribution in [0.1, 0.15) is 43.2 Å². The zero-order chi connectivity index (χ0) is 13.1. The molecule has 1 saturated heterocycles. The quantitative estimate of drug-likeness (QED) is 0.884. The molecular weight excluding hydrogens is 232 g/mol. The molecule has 2 aliphatic rings. The van der Waals surface area contributed by atoms with E-state index in [-0.39, 0.29) is 5.54 Å². The number of fused-ring (bicyclic) bond motifs is 1. The van der Waals surface area contributed by atoms with E-state index in [0.29, 0.717) is 0 Å². The van der Waals surface area contributed by atoms with E-state index in [2.05, 4.69) is 29.2 Å². The SMILES string of the molecule is NCC1(N2CCCCCC2)CCc2ccccc2C1. The molecule has 1 heterocycles. The Labute approximate surface area is 117 Å². The molecule has 2 heteroatoms. The number of nitrogens with two attached hydrogens (primary N) is 1. The highest BCUT2D eigenvalue weighted by Crippen LogP contribution is 2.34. The molecule has 0 radical (unpaired) electrons. The van der Waals surface area contributed by atoms with Gasteiger partial charge in [0.25, 0.3) is 0 Å². The summed E-state index contributed by atoms with van der Waals surface area (Å²) in [6.07, 6.45) is 9.08. The third-order valence-electron chi connectivity index (χ3n) is 5.15. The average molecular weight is 258 g/mol. The van der Waals surface area contributed by atoms with Crippen molar-refractivity contribution >= 4 is 0 Å². The number of benzene rings is 1. The molecule has 0 bridgehead atoms. The van der Waals surface area contributed by atoms with E-state index in [1.54, 1.807) is 5.56 Å². The smallest absolute Gasteiger partial charge is 0.0375 e. The van der Waals surface area contributed by atoms with Crippen LogP contribution in [-0.2, 0) is 12.8 Å². The highest BCUT2D eigenvalue weighted by Gasteiger charge is 2.38. The maximum atomic E-state index is 6.24. The molecule has 2 N–H and O–H groups in total. The molecule has 19 heavy (non-hydrogen) atoms. The van der Waals surface area contributed by atoms with Gasteiger partial charge in [-0.1, -0.05) is 37.1 Å². The Morgan fingerprint density at radius 2 is 1.68 bits per heavy atom. The van der Waals surface area contributed by atoms with E-state index in [1.165, 1.54) is 57.2 Å². The second kappa shape index (κ2) is 5.64. The fourth-order valence-corrected chi connectivity index (χ4v) is 3.90. The first-order valence-electron chi connectivity index (χ1n) is 7.86. The lowest BCUT2D eigenvalue weighted by molar-refractivity contribution is 0.0829. The third kappa shape index (κ3) is 2.56. The van der Waals surface area contributed by atoms with E-state index in [4.69, 9.17) is 5.73 Å². The van der Waals surface area contributed by atoms with E-state index < -0.39 is 0 Å². The maximum absolute atomic E-state index is 6.24. The normalized spacial score (nSPS) is 28.7. The van der Waals surface area contributed by atoms with Gasteiger partial charge in [0.15, 0.2) is 0 Å². The van der Waals surface area contributed by atoms with Crippen LogP contribution in [0, 0.1) is 0 Å². The Morgan fingerprint density at radius 1 is 1.00 bits per heavy atom. The molecule has 2 nitrogen and oxygen atoms in total. The number of likely N-dealkylation sites (tertiary alicyclic amines) is 1. The highest BCUT2D eigenvalue weighted by atomic mass is 15.2. The van der Waals surface area contributed by atoms with Gasteiger partial charge in [-0.05, 0) is 56.3 Å². The van der Waals surface area contributed by atoms with E-state index in [0.717, 1.165) is 13.0 Å². The van der Waals surface area contributed by atoms with Crippen LogP contribution in [0.5, 0.6) is 0 Å². The summed E-state index contributed by atoms with van der Waals surface area (Å²) in [6.45, 7) is 3.31. The summed E-state index contributed by atoms with van der Waals surface area (Å²) in [5, 5.41) is 0. The number of aryl methyl sites for hydroxylation is 1. The number of rotatable bonds is 2. The van der Waals surface area contributed by atoms with Gasteiger partial charge in [0.1, 0.15) is 0 Å². The minimum absolute atomic E-state index is 0.235. The van der Waals surface area contributed by atoms with Crippen molar-refractivity contribution in [3.8, 4) is 0 Å². The Morgan fingerprint density at radius 3 is 2.37 bits per heavy atom. The lowest BCUT2D eigenvalue weighted by Gasteiger charge is -2.46. The second-order valence-corrected chi connectivity index (χ2v) is 6.28. The minimum Gasteiger partial charge on any atom is -0.329 e. The summed E-state index contributed by atoms with van der Waals surface area (Å²) < 4.78 is 0. The molecule has 0 aromatic heterocycles. The van der Waals surface area contributed by atoms with Crippen LogP contribution in [0.2, 0.25) is 0 Å². The zero-order valence-corrected chi connectivity index (χ0v) is 11.9. The first kappa shape index (κ1) is 13.1. The number of hydrogen-bond donors (Lipinski definition) is 1. The summed E-state index contributed by atoms with van der Waals surface area (Å²) in [5.41, 5.74) is 9.54. The Hall–Kier alpha value is -0.860. The van der Waals surface area contributed by atoms with Crippen molar-refractivity contribution in [1.82, 2.24) is 4.90 Å². The predicted octanol–water partition coefficient (Wildman–Crippen LogP) is 2.75. The van der Waals surface area contributed by atoms with Gasteiger partial charge in [-0.25, -0.2) is 0 Å².